The highest BCUT2D eigenvalue weighted by atomic mass is 32.2. The van der Waals surface area contributed by atoms with E-state index in [1.165, 1.54) is 24.3 Å². The van der Waals surface area contributed by atoms with Crippen molar-refractivity contribution in [2.75, 3.05) is 5.75 Å². The average Bonchev–Trinajstić information content (AvgIpc) is 2.85. The first kappa shape index (κ1) is 16.6. The lowest BCUT2D eigenvalue weighted by atomic mass is 10.1. The summed E-state index contributed by atoms with van der Waals surface area (Å²) in [5.74, 6) is -0.902. The molecule has 0 radical (unpaired) electrons. The Morgan fingerprint density at radius 1 is 1.32 bits per heavy atom. The summed E-state index contributed by atoms with van der Waals surface area (Å²) in [6.45, 7) is 1.95. The largest absolute Gasteiger partial charge is 0.387 e. The lowest BCUT2D eigenvalue weighted by Crippen LogP contribution is -2.16. The quantitative estimate of drug-likeness (QED) is 0.833. The molecule has 1 N–H and O–H groups in total. The van der Waals surface area contributed by atoms with Crippen molar-refractivity contribution in [2.24, 2.45) is 0 Å². The zero-order valence-electron chi connectivity index (χ0n) is 12.1. The van der Waals surface area contributed by atoms with E-state index in [0.29, 0.717) is 17.8 Å². The topological polar surface area (TPSA) is 93.3 Å². The highest BCUT2D eigenvalue weighted by molar-refractivity contribution is 7.90. The van der Waals surface area contributed by atoms with Crippen LogP contribution in [0.15, 0.2) is 28.8 Å². The van der Waals surface area contributed by atoms with E-state index >= 15 is 0 Å². The molecule has 2 rings (SSSR count). The second-order valence-corrected chi connectivity index (χ2v) is 7.09. The minimum atomic E-state index is -3.63. The maximum absolute atomic E-state index is 12.8. The summed E-state index contributed by atoms with van der Waals surface area (Å²) >= 11 is 0. The number of hydrogen-bond donors (Lipinski definition) is 1. The van der Waals surface area contributed by atoms with Gasteiger partial charge < -0.3 is 9.63 Å². The van der Waals surface area contributed by atoms with Crippen LogP contribution in [0.3, 0.4) is 0 Å². The third kappa shape index (κ3) is 4.60. The Bertz CT molecular complexity index is 713. The van der Waals surface area contributed by atoms with Gasteiger partial charge in [-0.25, -0.2) is 12.8 Å². The lowest BCUT2D eigenvalue weighted by Gasteiger charge is -2.10. The van der Waals surface area contributed by atoms with E-state index in [-0.39, 0.29) is 5.89 Å². The number of aliphatic hydroxyl groups is 1. The van der Waals surface area contributed by atoms with Crippen LogP contribution < -0.4 is 0 Å². The number of aromatic nitrogens is 2. The van der Waals surface area contributed by atoms with Crippen LogP contribution in [0.25, 0.3) is 0 Å². The van der Waals surface area contributed by atoms with Gasteiger partial charge in [0.1, 0.15) is 11.6 Å². The summed E-state index contributed by atoms with van der Waals surface area (Å²) in [5, 5.41) is 13.6. The Balaban J connectivity index is 2.01. The van der Waals surface area contributed by atoms with Gasteiger partial charge in [-0.15, -0.1) is 0 Å². The third-order valence-electron chi connectivity index (χ3n) is 2.99. The van der Waals surface area contributed by atoms with E-state index in [0.717, 1.165) is 6.42 Å². The number of benzene rings is 1. The summed E-state index contributed by atoms with van der Waals surface area (Å²) in [5.41, 5.74) is 0.335. The van der Waals surface area contributed by atoms with Gasteiger partial charge >= 0.3 is 0 Å². The molecular formula is C14H17FN2O4S. The van der Waals surface area contributed by atoms with E-state index in [1.54, 1.807) is 0 Å². The number of sulfone groups is 1. The number of aliphatic hydroxyl groups excluding tert-OH is 1. The maximum atomic E-state index is 12.8. The van der Waals surface area contributed by atoms with Gasteiger partial charge in [-0.05, 0) is 24.1 Å². The Kier molecular flexibility index (Phi) is 5.25. The SMILES string of the molecule is CCCc1noc(CS(=O)(=O)CC(O)c2ccc(F)cc2)n1. The summed E-state index contributed by atoms with van der Waals surface area (Å²) in [4.78, 5) is 3.99. The lowest BCUT2D eigenvalue weighted by molar-refractivity contribution is 0.201. The molecule has 8 heteroatoms. The Labute approximate surface area is 127 Å². The zero-order chi connectivity index (χ0) is 16.2. The number of hydrogen-bond acceptors (Lipinski definition) is 6. The Morgan fingerprint density at radius 2 is 2.00 bits per heavy atom. The van der Waals surface area contributed by atoms with Gasteiger partial charge in [0.15, 0.2) is 15.7 Å². The second kappa shape index (κ2) is 6.97. The highest BCUT2D eigenvalue weighted by Gasteiger charge is 2.22. The van der Waals surface area contributed by atoms with E-state index in [4.69, 9.17) is 4.52 Å². The van der Waals surface area contributed by atoms with Crippen LogP contribution >= 0.6 is 0 Å². The maximum Gasteiger partial charge on any atom is 0.241 e. The molecule has 1 aromatic carbocycles. The molecule has 1 aromatic heterocycles. The summed E-state index contributed by atoms with van der Waals surface area (Å²) in [7, 11) is -3.63. The molecule has 0 saturated carbocycles. The van der Waals surface area contributed by atoms with Crippen molar-refractivity contribution in [3.05, 3.63) is 47.4 Å². The molecule has 1 atom stereocenters. The monoisotopic (exact) mass is 328 g/mol. The van der Waals surface area contributed by atoms with Crippen LogP contribution in [-0.4, -0.2) is 29.4 Å². The minimum Gasteiger partial charge on any atom is -0.387 e. The number of rotatable bonds is 7. The molecule has 0 saturated heterocycles. The normalized spacial score (nSPS) is 13.2. The summed E-state index contributed by atoms with van der Waals surface area (Å²) in [6.07, 6.45) is 0.208. The van der Waals surface area contributed by atoms with Crippen LogP contribution in [0, 0.1) is 5.82 Å². The van der Waals surface area contributed by atoms with Crippen molar-refractivity contribution in [3.63, 3.8) is 0 Å². The van der Waals surface area contributed by atoms with Gasteiger partial charge in [0.05, 0.1) is 11.9 Å². The summed E-state index contributed by atoms with van der Waals surface area (Å²) < 4.78 is 41.8. The Hall–Kier alpha value is -1.80. The van der Waals surface area contributed by atoms with Gasteiger partial charge in [0.2, 0.25) is 5.89 Å². The summed E-state index contributed by atoms with van der Waals surface area (Å²) in [6, 6.07) is 5.03. The second-order valence-electron chi connectivity index (χ2n) is 4.98. The van der Waals surface area contributed by atoms with Gasteiger partial charge in [0.25, 0.3) is 0 Å². The smallest absolute Gasteiger partial charge is 0.241 e. The predicted molar refractivity (Wildman–Crippen MR) is 77.1 cm³/mol. The molecule has 0 aliphatic carbocycles. The van der Waals surface area contributed by atoms with Gasteiger partial charge in [-0.3, -0.25) is 0 Å². The standard InChI is InChI=1S/C14H17FN2O4S/c1-2-3-13-16-14(21-17-13)9-22(19,20)8-12(18)10-4-6-11(15)7-5-10/h4-7,12,18H,2-3,8-9H2,1H3. The van der Waals surface area contributed by atoms with Crippen molar-refractivity contribution >= 4 is 9.84 Å². The minimum absolute atomic E-state index is 0.00903. The first-order valence-corrected chi connectivity index (χ1v) is 8.67. The van der Waals surface area contributed by atoms with Crippen molar-refractivity contribution in [2.45, 2.75) is 31.6 Å². The molecule has 0 aliphatic heterocycles. The van der Waals surface area contributed by atoms with Crippen molar-refractivity contribution in [1.29, 1.82) is 0 Å². The van der Waals surface area contributed by atoms with Crippen molar-refractivity contribution in [3.8, 4) is 0 Å². The number of aryl methyl sites for hydroxylation is 1. The molecule has 0 spiro atoms. The van der Waals surface area contributed by atoms with E-state index < -0.39 is 33.3 Å². The van der Waals surface area contributed by atoms with Gasteiger partial charge in [-0.2, -0.15) is 4.98 Å². The van der Waals surface area contributed by atoms with Crippen molar-refractivity contribution in [1.82, 2.24) is 10.1 Å². The van der Waals surface area contributed by atoms with Crippen LogP contribution in [0.4, 0.5) is 4.39 Å². The van der Waals surface area contributed by atoms with Crippen LogP contribution in [0.1, 0.15) is 36.7 Å². The fourth-order valence-electron chi connectivity index (χ4n) is 1.94. The molecule has 22 heavy (non-hydrogen) atoms. The fraction of sp³-hybridized carbons (Fsp3) is 0.429. The molecule has 6 nitrogen and oxygen atoms in total. The predicted octanol–water partition coefficient (Wildman–Crippen LogP) is 1.81. The first-order valence-electron chi connectivity index (χ1n) is 6.85. The molecule has 2 aromatic rings. The van der Waals surface area contributed by atoms with E-state index in [1.807, 2.05) is 6.92 Å². The molecule has 0 fully saturated rings. The molecule has 1 heterocycles. The average molecular weight is 328 g/mol. The zero-order valence-corrected chi connectivity index (χ0v) is 12.9. The van der Waals surface area contributed by atoms with E-state index in [9.17, 15) is 17.9 Å². The molecular weight excluding hydrogens is 311 g/mol. The Morgan fingerprint density at radius 3 is 2.64 bits per heavy atom. The van der Waals surface area contributed by atoms with Gasteiger partial charge in [0, 0.05) is 6.42 Å². The van der Waals surface area contributed by atoms with Crippen LogP contribution in [-0.2, 0) is 22.0 Å². The fourth-order valence-corrected chi connectivity index (χ4v) is 3.23. The number of halogens is 1. The first-order chi connectivity index (χ1) is 10.4. The van der Waals surface area contributed by atoms with Crippen LogP contribution in [0.2, 0.25) is 0 Å². The number of nitrogens with zero attached hydrogens (tertiary/aromatic N) is 2. The van der Waals surface area contributed by atoms with Crippen molar-refractivity contribution < 1.29 is 22.4 Å². The van der Waals surface area contributed by atoms with Crippen LogP contribution in [0.5, 0.6) is 0 Å². The van der Waals surface area contributed by atoms with E-state index in [2.05, 4.69) is 10.1 Å². The molecule has 1 unspecified atom stereocenters. The molecule has 0 aliphatic rings. The molecule has 0 amide bonds. The molecule has 120 valence electrons. The molecule has 0 bridgehead atoms. The highest BCUT2D eigenvalue weighted by Crippen LogP contribution is 2.17. The van der Waals surface area contributed by atoms with Gasteiger partial charge in [-0.1, -0.05) is 24.2 Å². The third-order valence-corrected chi connectivity index (χ3v) is 4.50.